The summed E-state index contributed by atoms with van der Waals surface area (Å²) >= 11 is 0. The second kappa shape index (κ2) is 5.29. The molecule has 0 spiro atoms. The van der Waals surface area contributed by atoms with Crippen LogP contribution in [0.15, 0.2) is 6.20 Å². The monoisotopic (exact) mass is 238 g/mol. The van der Waals surface area contributed by atoms with Crippen molar-refractivity contribution in [2.45, 2.75) is 38.6 Å². The maximum atomic E-state index is 13.8. The highest BCUT2D eigenvalue weighted by atomic mass is 19.1. The van der Waals surface area contributed by atoms with Crippen molar-refractivity contribution in [1.82, 2.24) is 9.97 Å². The van der Waals surface area contributed by atoms with Crippen LogP contribution in [0.25, 0.3) is 0 Å². The maximum absolute atomic E-state index is 13.8. The first-order valence-electron chi connectivity index (χ1n) is 6.19. The molecular weight excluding hydrogens is 219 g/mol. The molecule has 0 aromatic carbocycles. The Labute approximate surface area is 101 Å². The third kappa shape index (κ3) is 2.65. The molecule has 1 aliphatic rings. The fraction of sp³-hybridized carbons (Fsp3) is 0.667. The van der Waals surface area contributed by atoms with Crippen molar-refractivity contribution in [3.05, 3.63) is 12.0 Å². The molecule has 1 aromatic heterocycles. The normalized spacial score (nSPS) is 21.1. The Balaban J connectivity index is 2.29. The highest BCUT2D eigenvalue weighted by Crippen LogP contribution is 2.25. The lowest BCUT2D eigenvalue weighted by atomic mass is 10.1. The molecule has 4 nitrogen and oxygen atoms in total. The summed E-state index contributed by atoms with van der Waals surface area (Å²) in [6.07, 6.45) is 5.86. The zero-order chi connectivity index (χ0) is 12.3. The van der Waals surface area contributed by atoms with Crippen LogP contribution in [0.2, 0.25) is 0 Å². The molecule has 1 aromatic rings. The average molecular weight is 238 g/mol. The second-order valence-electron chi connectivity index (χ2n) is 4.51. The lowest BCUT2D eigenvalue weighted by Gasteiger charge is -2.28. The van der Waals surface area contributed by atoms with Gasteiger partial charge in [0.2, 0.25) is 5.95 Å². The number of aromatic nitrogens is 2. The summed E-state index contributed by atoms with van der Waals surface area (Å²) in [4.78, 5) is 10.2. The SMILES string of the molecule is CNc1ncc(F)c(N2CCCCCC2C)n1. The molecule has 0 aliphatic carbocycles. The van der Waals surface area contributed by atoms with E-state index in [4.69, 9.17) is 0 Å². The molecule has 0 amide bonds. The molecule has 1 N–H and O–H groups in total. The minimum Gasteiger partial charge on any atom is -0.357 e. The summed E-state index contributed by atoms with van der Waals surface area (Å²) in [5.41, 5.74) is 0. The summed E-state index contributed by atoms with van der Waals surface area (Å²) in [6, 6.07) is 0.339. The number of hydrogen-bond acceptors (Lipinski definition) is 4. The van der Waals surface area contributed by atoms with Crippen LogP contribution in [0.5, 0.6) is 0 Å². The number of rotatable bonds is 2. The molecule has 17 heavy (non-hydrogen) atoms. The van der Waals surface area contributed by atoms with E-state index in [2.05, 4.69) is 27.1 Å². The molecule has 5 heteroatoms. The van der Waals surface area contributed by atoms with E-state index in [0.717, 1.165) is 19.4 Å². The number of anilines is 2. The third-order valence-electron chi connectivity index (χ3n) is 3.27. The molecule has 2 rings (SSSR count). The van der Waals surface area contributed by atoms with Crippen LogP contribution < -0.4 is 10.2 Å². The van der Waals surface area contributed by atoms with Crippen LogP contribution in [0.1, 0.15) is 32.6 Å². The highest BCUT2D eigenvalue weighted by Gasteiger charge is 2.21. The summed E-state index contributed by atoms with van der Waals surface area (Å²) < 4.78 is 13.8. The summed E-state index contributed by atoms with van der Waals surface area (Å²) in [6.45, 7) is 3.00. The van der Waals surface area contributed by atoms with Crippen molar-refractivity contribution in [3.8, 4) is 0 Å². The van der Waals surface area contributed by atoms with Crippen molar-refractivity contribution >= 4 is 11.8 Å². The number of halogens is 1. The van der Waals surface area contributed by atoms with Crippen LogP contribution in [0.3, 0.4) is 0 Å². The van der Waals surface area contributed by atoms with Gasteiger partial charge in [0.25, 0.3) is 0 Å². The summed E-state index contributed by atoms with van der Waals surface area (Å²) in [7, 11) is 1.74. The minimum absolute atomic E-state index is 0.335. The van der Waals surface area contributed by atoms with Crippen molar-refractivity contribution in [1.29, 1.82) is 0 Å². The van der Waals surface area contributed by atoms with Gasteiger partial charge in [0.05, 0.1) is 6.20 Å². The Hall–Kier alpha value is -1.39. The molecule has 1 atom stereocenters. The van der Waals surface area contributed by atoms with Gasteiger partial charge < -0.3 is 10.2 Å². The molecule has 94 valence electrons. The van der Waals surface area contributed by atoms with Gasteiger partial charge in [-0.25, -0.2) is 9.37 Å². The van der Waals surface area contributed by atoms with E-state index < -0.39 is 0 Å². The molecule has 0 bridgehead atoms. The number of nitrogens with one attached hydrogen (secondary N) is 1. The van der Waals surface area contributed by atoms with Gasteiger partial charge in [-0.3, -0.25) is 0 Å². The van der Waals surface area contributed by atoms with Crippen LogP contribution in [0, 0.1) is 5.82 Å². The first-order valence-corrected chi connectivity index (χ1v) is 6.19. The van der Waals surface area contributed by atoms with Gasteiger partial charge in [-0.2, -0.15) is 4.98 Å². The Kier molecular flexibility index (Phi) is 3.76. The van der Waals surface area contributed by atoms with Crippen molar-refractivity contribution in [3.63, 3.8) is 0 Å². The van der Waals surface area contributed by atoms with E-state index in [0.29, 0.717) is 17.8 Å². The second-order valence-corrected chi connectivity index (χ2v) is 4.51. The van der Waals surface area contributed by atoms with E-state index in [1.807, 2.05) is 0 Å². The topological polar surface area (TPSA) is 41.1 Å². The number of hydrogen-bond donors (Lipinski definition) is 1. The molecular formula is C12H19FN4. The van der Waals surface area contributed by atoms with Crippen molar-refractivity contribution < 1.29 is 4.39 Å². The smallest absolute Gasteiger partial charge is 0.224 e. The van der Waals surface area contributed by atoms with E-state index in [-0.39, 0.29) is 5.82 Å². The van der Waals surface area contributed by atoms with E-state index in [1.165, 1.54) is 19.0 Å². The lowest BCUT2D eigenvalue weighted by Crippen LogP contribution is -2.34. The van der Waals surface area contributed by atoms with Gasteiger partial charge in [-0.15, -0.1) is 0 Å². The van der Waals surface area contributed by atoms with Crippen LogP contribution in [-0.2, 0) is 0 Å². The van der Waals surface area contributed by atoms with Crippen molar-refractivity contribution in [2.24, 2.45) is 0 Å². The van der Waals surface area contributed by atoms with Crippen LogP contribution in [0.4, 0.5) is 16.2 Å². The molecule has 0 saturated carbocycles. The van der Waals surface area contributed by atoms with Crippen LogP contribution >= 0.6 is 0 Å². The minimum atomic E-state index is -0.335. The predicted molar refractivity (Wildman–Crippen MR) is 66.8 cm³/mol. The fourth-order valence-electron chi connectivity index (χ4n) is 2.27. The zero-order valence-corrected chi connectivity index (χ0v) is 10.4. The molecule has 1 unspecified atom stereocenters. The first kappa shape index (κ1) is 12.1. The Morgan fingerprint density at radius 3 is 3.00 bits per heavy atom. The molecule has 1 saturated heterocycles. The Bertz CT molecular complexity index is 383. The first-order chi connectivity index (χ1) is 8.22. The van der Waals surface area contributed by atoms with Gasteiger partial charge in [-0.1, -0.05) is 12.8 Å². The largest absolute Gasteiger partial charge is 0.357 e. The Morgan fingerprint density at radius 1 is 1.41 bits per heavy atom. The quantitative estimate of drug-likeness (QED) is 0.859. The predicted octanol–water partition coefficient (Wildman–Crippen LogP) is 2.43. The fourth-order valence-corrected chi connectivity index (χ4v) is 2.27. The molecule has 2 heterocycles. The van der Waals surface area contributed by atoms with Gasteiger partial charge in [-0.05, 0) is 19.8 Å². The average Bonchev–Trinajstić information content (AvgIpc) is 2.55. The third-order valence-corrected chi connectivity index (χ3v) is 3.27. The van der Waals surface area contributed by atoms with Gasteiger partial charge in [0.15, 0.2) is 11.6 Å². The van der Waals surface area contributed by atoms with Gasteiger partial charge >= 0.3 is 0 Å². The van der Waals surface area contributed by atoms with E-state index >= 15 is 0 Å². The molecule has 1 fully saturated rings. The van der Waals surface area contributed by atoms with Gasteiger partial charge in [0.1, 0.15) is 0 Å². The van der Waals surface area contributed by atoms with E-state index in [1.54, 1.807) is 7.05 Å². The maximum Gasteiger partial charge on any atom is 0.224 e. The standard InChI is InChI=1S/C12H19FN4/c1-9-6-4-3-5-7-17(9)11-10(13)8-15-12(14-2)16-11/h8-9H,3-7H2,1-2H3,(H,14,15,16). The number of nitrogens with zero attached hydrogens (tertiary/aromatic N) is 3. The van der Waals surface area contributed by atoms with E-state index in [9.17, 15) is 4.39 Å². The summed E-state index contributed by atoms with van der Waals surface area (Å²) in [5, 5.41) is 2.85. The molecule has 1 aliphatic heterocycles. The zero-order valence-electron chi connectivity index (χ0n) is 10.4. The van der Waals surface area contributed by atoms with Gasteiger partial charge in [0, 0.05) is 19.6 Å². The Morgan fingerprint density at radius 2 is 2.24 bits per heavy atom. The van der Waals surface area contributed by atoms with Crippen molar-refractivity contribution in [2.75, 3.05) is 23.8 Å². The summed E-state index contributed by atoms with van der Waals surface area (Å²) in [5.74, 6) is 0.564. The molecule has 0 radical (unpaired) electrons. The lowest BCUT2D eigenvalue weighted by molar-refractivity contribution is 0.568. The highest BCUT2D eigenvalue weighted by molar-refractivity contribution is 5.44. The van der Waals surface area contributed by atoms with Crippen LogP contribution in [-0.4, -0.2) is 29.6 Å².